The highest BCUT2D eigenvalue weighted by Gasteiger charge is 2.06. The van der Waals surface area contributed by atoms with E-state index in [9.17, 15) is 9.59 Å². The number of carbonyl (C=O) groups is 2. The lowest BCUT2D eigenvalue weighted by atomic mass is 10.0. The number of nitrogens with one attached hydrogen (secondary N) is 1. The monoisotopic (exact) mass is 341 g/mol. The smallest absolute Gasteiger partial charge is 0.309 e. The van der Waals surface area contributed by atoms with Crippen molar-refractivity contribution >= 4 is 17.6 Å². The highest BCUT2D eigenvalue weighted by Crippen LogP contribution is 2.17. The summed E-state index contributed by atoms with van der Waals surface area (Å²) in [5.74, 6) is 0.502. The van der Waals surface area contributed by atoms with Crippen LogP contribution < -0.4 is 10.1 Å². The number of esters is 1. The summed E-state index contributed by atoms with van der Waals surface area (Å²) in [6.45, 7) is 4.16. The van der Waals surface area contributed by atoms with Crippen LogP contribution in [-0.2, 0) is 20.7 Å². The van der Waals surface area contributed by atoms with Gasteiger partial charge < -0.3 is 14.8 Å². The molecule has 0 atom stereocenters. The third-order valence-electron chi connectivity index (χ3n) is 3.73. The van der Waals surface area contributed by atoms with Gasteiger partial charge in [-0.1, -0.05) is 38.1 Å². The lowest BCUT2D eigenvalue weighted by Gasteiger charge is -2.10. The van der Waals surface area contributed by atoms with Crippen LogP contribution in [0.2, 0.25) is 0 Å². The van der Waals surface area contributed by atoms with E-state index in [1.165, 1.54) is 12.7 Å². The Hall–Kier alpha value is -2.82. The van der Waals surface area contributed by atoms with Crippen LogP contribution in [0.1, 0.15) is 30.9 Å². The second-order valence-electron chi connectivity index (χ2n) is 6.01. The van der Waals surface area contributed by atoms with Crippen molar-refractivity contribution < 1.29 is 19.1 Å². The van der Waals surface area contributed by atoms with E-state index in [-0.39, 0.29) is 24.9 Å². The lowest BCUT2D eigenvalue weighted by Crippen LogP contribution is -2.20. The highest BCUT2D eigenvalue weighted by atomic mass is 16.5. The number of methoxy groups -OCH3 is 1. The van der Waals surface area contributed by atoms with Gasteiger partial charge in [0.15, 0.2) is 6.61 Å². The molecule has 0 aliphatic rings. The Kier molecular flexibility index (Phi) is 6.57. The number of benzene rings is 2. The van der Waals surface area contributed by atoms with Gasteiger partial charge in [-0.15, -0.1) is 0 Å². The fraction of sp³-hybridized carbons (Fsp3) is 0.300. The predicted octanol–water partition coefficient (Wildman–Crippen LogP) is 3.54. The molecule has 0 bridgehead atoms. The molecule has 2 aromatic rings. The SMILES string of the molecule is COC(=O)Cc1ccc(OCC(=O)Nc2ccc(C(C)C)cc2)cc1. The van der Waals surface area contributed by atoms with Crippen LogP contribution in [0.3, 0.4) is 0 Å². The summed E-state index contributed by atoms with van der Waals surface area (Å²) in [6, 6.07) is 14.8. The van der Waals surface area contributed by atoms with Crippen molar-refractivity contribution in [1.82, 2.24) is 0 Å². The summed E-state index contributed by atoms with van der Waals surface area (Å²) in [5, 5.41) is 2.80. The molecule has 2 rings (SSSR count). The number of rotatable bonds is 7. The Bertz CT molecular complexity index is 705. The Labute approximate surface area is 148 Å². The molecule has 0 aliphatic heterocycles. The number of amides is 1. The molecule has 0 radical (unpaired) electrons. The molecule has 0 aliphatic carbocycles. The fourth-order valence-corrected chi connectivity index (χ4v) is 2.24. The van der Waals surface area contributed by atoms with E-state index in [4.69, 9.17) is 4.74 Å². The van der Waals surface area contributed by atoms with Gasteiger partial charge in [0.1, 0.15) is 5.75 Å². The van der Waals surface area contributed by atoms with Gasteiger partial charge >= 0.3 is 5.97 Å². The Morgan fingerprint density at radius 1 is 1.00 bits per heavy atom. The molecule has 5 heteroatoms. The molecule has 132 valence electrons. The molecule has 0 saturated carbocycles. The molecular formula is C20H23NO4. The summed E-state index contributed by atoms with van der Waals surface area (Å²) in [5.41, 5.74) is 2.79. The summed E-state index contributed by atoms with van der Waals surface area (Å²) < 4.78 is 10.1. The van der Waals surface area contributed by atoms with E-state index in [1.807, 2.05) is 24.3 Å². The van der Waals surface area contributed by atoms with Crippen LogP contribution in [0.5, 0.6) is 5.75 Å². The first-order valence-corrected chi connectivity index (χ1v) is 8.16. The molecule has 0 spiro atoms. The molecule has 1 amide bonds. The molecule has 0 unspecified atom stereocenters. The Morgan fingerprint density at radius 3 is 2.20 bits per heavy atom. The summed E-state index contributed by atoms with van der Waals surface area (Å²) in [6.07, 6.45) is 0.212. The molecule has 25 heavy (non-hydrogen) atoms. The largest absolute Gasteiger partial charge is 0.484 e. The maximum absolute atomic E-state index is 12.0. The van der Waals surface area contributed by atoms with Crippen LogP contribution in [0.4, 0.5) is 5.69 Å². The first-order valence-electron chi connectivity index (χ1n) is 8.16. The van der Waals surface area contributed by atoms with Gasteiger partial charge in [-0.05, 0) is 41.3 Å². The molecule has 0 saturated heterocycles. The maximum Gasteiger partial charge on any atom is 0.309 e. The van der Waals surface area contributed by atoms with Crippen molar-refractivity contribution in [3.8, 4) is 5.75 Å². The Balaban J connectivity index is 1.82. The molecule has 1 N–H and O–H groups in total. The number of carbonyl (C=O) groups excluding carboxylic acids is 2. The quantitative estimate of drug-likeness (QED) is 0.782. The van der Waals surface area contributed by atoms with E-state index in [0.717, 1.165) is 11.3 Å². The average Bonchev–Trinajstić information content (AvgIpc) is 2.61. The van der Waals surface area contributed by atoms with Gasteiger partial charge in [-0.3, -0.25) is 9.59 Å². The van der Waals surface area contributed by atoms with Gasteiger partial charge in [0.05, 0.1) is 13.5 Å². The Morgan fingerprint density at radius 2 is 1.64 bits per heavy atom. The van der Waals surface area contributed by atoms with E-state index >= 15 is 0 Å². The first-order chi connectivity index (χ1) is 12.0. The second-order valence-corrected chi connectivity index (χ2v) is 6.01. The van der Waals surface area contributed by atoms with Crippen LogP contribution in [0.15, 0.2) is 48.5 Å². The van der Waals surface area contributed by atoms with Crippen LogP contribution in [-0.4, -0.2) is 25.6 Å². The van der Waals surface area contributed by atoms with Crippen LogP contribution in [0.25, 0.3) is 0 Å². The van der Waals surface area contributed by atoms with Crippen molar-refractivity contribution in [2.24, 2.45) is 0 Å². The number of hydrogen-bond acceptors (Lipinski definition) is 4. The normalized spacial score (nSPS) is 10.4. The average molecular weight is 341 g/mol. The van der Waals surface area contributed by atoms with Gasteiger partial charge in [-0.2, -0.15) is 0 Å². The third-order valence-corrected chi connectivity index (χ3v) is 3.73. The zero-order valence-corrected chi connectivity index (χ0v) is 14.7. The zero-order chi connectivity index (χ0) is 18.2. The topological polar surface area (TPSA) is 64.6 Å². The molecular weight excluding hydrogens is 318 g/mol. The summed E-state index contributed by atoms with van der Waals surface area (Å²) in [7, 11) is 1.36. The summed E-state index contributed by atoms with van der Waals surface area (Å²) in [4.78, 5) is 23.2. The van der Waals surface area contributed by atoms with Crippen molar-refractivity contribution in [3.05, 3.63) is 59.7 Å². The minimum absolute atomic E-state index is 0.0811. The summed E-state index contributed by atoms with van der Waals surface area (Å²) >= 11 is 0. The minimum Gasteiger partial charge on any atom is -0.484 e. The molecule has 0 fully saturated rings. The van der Waals surface area contributed by atoms with E-state index in [2.05, 4.69) is 23.9 Å². The van der Waals surface area contributed by atoms with E-state index in [0.29, 0.717) is 11.7 Å². The molecule has 0 aromatic heterocycles. The lowest BCUT2D eigenvalue weighted by molar-refractivity contribution is -0.139. The first kappa shape index (κ1) is 18.5. The molecule has 5 nitrogen and oxygen atoms in total. The number of hydrogen-bond donors (Lipinski definition) is 1. The van der Waals surface area contributed by atoms with Crippen molar-refractivity contribution in [3.63, 3.8) is 0 Å². The fourth-order valence-electron chi connectivity index (χ4n) is 2.24. The van der Waals surface area contributed by atoms with Crippen molar-refractivity contribution in [1.29, 1.82) is 0 Å². The standard InChI is InChI=1S/C20H23NO4/c1-14(2)16-6-8-17(9-7-16)21-19(22)13-25-18-10-4-15(5-11-18)12-20(23)24-3/h4-11,14H,12-13H2,1-3H3,(H,21,22). The minimum atomic E-state index is -0.295. The van der Waals surface area contributed by atoms with Crippen molar-refractivity contribution in [2.45, 2.75) is 26.2 Å². The van der Waals surface area contributed by atoms with E-state index in [1.54, 1.807) is 24.3 Å². The molecule has 2 aromatic carbocycles. The molecule has 0 heterocycles. The van der Waals surface area contributed by atoms with E-state index < -0.39 is 0 Å². The number of anilines is 1. The zero-order valence-electron chi connectivity index (χ0n) is 14.7. The van der Waals surface area contributed by atoms with Gasteiger partial charge in [0, 0.05) is 5.69 Å². The van der Waals surface area contributed by atoms with Gasteiger partial charge in [0.2, 0.25) is 0 Å². The van der Waals surface area contributed by atoms with Crippen LogP contribution in [0, 0.1) is 0 Å². The predicted molar refractivity (Wildman–Crippen MR) is 96.8 cm³/mol. The van der Waals surface area contributed by atoms with Gasteiger partial charge in [0.25, 0.3) is 5.91 Å². The number of ether oxygens (including phenoxy) is 2. The third kappa shape index (κ3) is 5.95. The van der Waals surface area contributed by atoms with Crippen molar-refractivity contribution in [2.75, 3.05) is 19.0 Å². The van der Waals surface area contributed by atoms with Crippen LogP contribution >= 0.6 is 0 Å². The maximum atomic E-state index is 12.0. The van der Waals surface area contributed by atoms with Gasteiger partial charge in [-0.25, -0.2) is 0 Å². The highest BCUT2D eigenvalue weighted by molar-refractivity contribution is 5.91. The second kappa shape index (κ2) is 8.87.